The Bertz CT molecular complexity index is 1050. The van der Waals surface area contributed by atoms with Crippen molar-refractivity contribution < 1.29 is 18.3 Å². The third-order valence-corrected chi connectivity index (χ3v) is 22.5. The molecule has 0 aromatic rings. The number of rotatable bonds is 10. The maximum atomic E-state index is 6.88. The summed E-state index contributed by atoms with van der Waals surface area (Å²) in [4.78, 5) is 0. The van der Waals surface area contributed by atoms with Gasteiger partial charge in [0.15, 0.2) is 16.6 Å². The maximum Gasteiger partial charge on any atom is 0.192 e. The second kappa shape index (κ2) is 15.5. The monoisotopic (exact) mass is 896 g/mol. The smallest absolute Gasteiger partial charge is 0.192 e. The van der Waals surface area contributed by atoms with Gasteiger partial charge in [-0.25, -0.2) is 0 Å². The molecule has 4 nitrogen and oxygen atoms in total. The number of hydrogen-bond acceptors (Lipinski definition) is 4. The quantitative estimate of drug-likeness (QED) is 0.124. The lowest BCUT2D eigenvalue weighted by molar-refractivity contribution is -0.170. The molecule has 4 bridgehead atoms. The van der Waals surface area contributed by atoms with E-state index in [2.05, 4.69) is 185 Å². The predicted octanol–water partition coefficient (Wildman–Crippen LogP) is 12.2. The molecule has 0 radical (unpaired) electrons. The summed E-state index contributed by atoms with van der Waals surface area (Å²) in [5.74, 6) is 1.63. The van der Waals surface area contributed by atoms with E-state index >= 15 is 0 Å². The van der Waals surface area contributed by atoms with Gasteiger partial charge in [0.2, 0.25) is 0 Å². The molecule has 0 aromatic heterocycles. The summed E-state index contributed by atoms with van der Waals surface area (Å²) in [6.07, 6.45) is 18.9. The van der Waals surface area contributed by atoms with Crippen molar-refractivity contribution in [3.05, 3.63) is 44.6 Å². The molecule has 0 spiro atoms. The van der Waals surface area contributed by atoms with Crippen LogP contribution in [-0.4, -0.2) is 52.3 Å². The zero-order valence-electron chi connectivity index (χ0n) is 31.5. The number of halogens is 2. The van der Waals surface area contributed by atoms with Crippen LogP contribution >= 0.6 is 45.2 Å². The van der Waals surface area contributed by atoms with E-state index in [0.29, 0.717) is 23.7 Å². The van der Waals surface area contributed by atoms with Gasteiger partial charge < -0.3 is 18.3 Å². The fraction of sp³-hybridized carbons (Fsp3) is 0.789. The van der Waals surface area contributed by atoms with E-state index in [1.54, 1.807) is 0 Å². The van der Waals surface area contributed by atoms with Crippen LogP contribution in [0.15, 0.2) is 44.6 Å². The van der Waals surface area contributed by atoms with Crippen LogP contribution in [0.1, 0.15) is 94.9 Å². The SMILES string of the molecule is C[C@@H]1[C@H](O[Si](C)(C)C(C)(C)C)[C@H](C)[C@]2(CC/C=C\I)C=C[C@H]1O2.C[C@H]1[C@@H](O[Si](C)(C)C(C)(C)C)[C@@H](C)[C@@]2(CC/C=C\I)C=C[C@@H]1O2. The van der Waals surface area contributed by atoms with E-state index in [-0.39, 0.29) is 45.7 Å². The highest BCUT2D eigenvalue weighted by Gasteiger charge is 2.56. The van der Waals surface area contributed by atoms with Crippen molar-refractivity contribution in [2.75, 3.05) is 0 Å². The fourth-order valence-electron chi connectivity index (χ4n) is 7.04. The van der Waals surface area contributed by atoms with Crippen molar-refractivity contribution in [1.29, 1.82) is 0 Å². The van der Waals surface area contributed by atoms with Crippen molar-refractivity contribution in [1.82, 2.24) is 0 Å². The predicted molar refractivity (Wildman–Crippen MR) is 219 cm³/mol. The average Bonchev–Trinajstić information content (AvgIpc) is 3.55. The van der Waals surface area contributed by atoms with Crippen molar-refractivity contribution in [3.8, 4) is 0 Å². The summed E-state index contributed by atoms with van der Waals surface area (Å²) < 4.78 is 30.9. The van der Waals surface area contributed by atoms with Gasteiger partial charge in [0.25, 0.3) is 0 Å². The number of fused-ring (bicyclic) bond motifs is 4. The van der Waals surface area contributed by atoms with Crippen LogP contribution in [0.25, 0.3) is 0 Å². The molecule has 0 aliphatic carbocycles. The second-order valence-corrected chi connectivity index (χ2v) is 28.5. The molecule has 0 N–H and O–H groups in total. The molecule has 0 unspecified atom stereocenters. The Morgan fingerprint density at radius 3 is 1.26 bits per heavy atom. The molecule has 0 amide bonds. The first-order chi connectivity index (χ1) is 21.1. The molecule has 46 heavy (non-hydrogen) atoms. The molecule has 8 heteroatoms. The first-order valence-corrected chi connectivity index (χ1v) is 26.0. The molecule has 4 heterocycles. The zero-order chi connectivity index (χ0) is 34.9. The lowest BCUT2D eigenvalue weighted by Gasteiger charge is -2.51. The van der Waals surface area contributed by atoms with Gasteiger partial charge in [-0.05, 0) is 70.1 Å². The van der Waals surface area contributed by atoms with Gasteiger partial charge in [-0.2, -0.15) is 0 Å². The van der Waals surface area contributed by atoms with Crippen LogP contribution in [0.2, 0.25) is 36.3 Å². The molecule has 4 aliphatic heterocycles. The largest absolute Gasteiger partial charge is 0.413 e. The van der Waals surface area contributed by atoms with Crippen LogP contribution in [-0.2, 0) is 18.3 Å². The summed E-state index contributed by atoms with van der Waals surface area (Å²) >= 11 is 4.58. The zero-order valence-corrected chi connectivity index (χ0v) is 37.8. The van der Waals surface area contributed by atoms with Gasteiger partial charge in [-0.1, -0.05) is 151 Å². The van der Waals surface area contributed by atoms with Crippen LogP contribution in [0, 0.1) is 23.7 Å². The molecular formula is C38H66I2O4Si2. The number of allylic oxidation sites excluding steroid dienone is 2. The van der Waals surface area contributed by atoms with Crippen LogP contribution in [0.3, 0.4) is 0 Å². The van der Waals surface area contributed by atoms with E-state index < -0.39 is 16.6 Å². The standard InChI is InChI=1S/2C19H33IO2Si/c2*1-14-16-10-12-19(21-16,11-8-9-13-20)15(2)17(14)22-23(6,7)18(3,4)5/h2*9-10,12-17H,8,11H2,1-7H3/b2*13-9-/t2*14-,15-,16+,17-,19-/m10/s1. The topological polar surface area (TPSA) is 36.9 Å². The molecule has 4 aliphatic rings. The first kappa shape index (κ1) is 41.1. The Balaban J connectivity index is 0.000000250. The summed E-state index contributed by atoms with van der Waals surface area (Å²) in [5, 5.41) is 0.489. The van der Waals surface area contributed by atoms with Gasteiger partial charge in [0.1, 0.15) is 0 Å². The lowest BCUT2D eigenvalue weighted by atomic mass is 9.76. The third-order valence-electron chi connectivity index (χ3n) is 12.5. The van der Waals surface area contributed by atoms with Gasteiger partial charge in [0.05, 0.1) is 35.6 Å². The summed E-state index contributed by atoms with van der Waals surface area (Å²) in [5.41, 5.74) is -0.277. The Kier molecular flexibility index (Phi) is 13.9. The first-order valence-electron chi connectivity index (χ1n) is 17.7. The minimum absolute atomic E-state index is 0.139. The summed E-state index contributed by atoms with van der Waals surface area (Å²) in [7, 11) is -3.55. The van der Waals surface area contributed by atoms with Gasteiger partial charge in [0, 0.05) is 23.7 Å². The van der Waals surface area contributed by atoms with E-state index in [1.807, 2.05) is 0 Å². The Morgan fingerprint density at radius 2 is 0.978 bits per heavy atom. The fourth-order valence-corrected chi connectivity index (χ4v) is 10.7. The molecule has 264 valence electrons. The number of ether oxygens (including phenoxy) is 2. The van der Waals surface area contributed by atoms with Crippen molar-refractivity contribution >= 4 is 61.8 Å². The highest BCUT2D eigenvalue weighted by molar-refractivity contribution is 14.1. The molecule has 2 saturated heterocycles. The Hall–Kier alpha value is 0.694. The molecule has 0 saturated carbocycles. The van der Waals surface area contributed by atoms with Crippen LogP contribution < -0.4 is 0 Å². The van der Waals surface area contributed by atoms with Gasteiger partial charge in [-0.3, -0.25) is 0 Å². The average molecular weight is 897 g/mol. The highest BCUT2D eigenvalue weighted by atomic mass is 127. The summed E-state index contributed by atoms with van der Waals surface area (Å²) in [6.45, 7) is 32.6. The molecule has 0 aromatic carbocycles. The van der Waals surface area contributed by atoms with Crippen molar-refractivity contribution in [2.45, 2.75) is 167 Å². The summed E-state index contributed by atoms with van der Waals surface area (Å²) in [6, 6.07) is 0. The van der Waals surface area contributed by atoms with E-state index in [0.717, 1.165) is 25.7 Å². The number of hydrogen-bond donors (Lipinski definition) is 0. The molecular weight excluding hydrogens is 830 g/mol. The van der Waals surface area contributed by atoms with Crippen molar-refractivity contribution in [2.24, 2.45) is 23.7 Å². The molecule has 2 fully saturated rings. The molecule has 4 rings (SSSR count). The van der Waals surface area contributed by atoms with Gasteiger partial charge in [-0.15, -0.1) is 0 Å². The Morgan fingerprint density at radius 1 is 0.652 bits per heavy atom. The minimum atomic E-state index is -1.78. The van der Waals surface area contributed by atoms with Crippen molar-refractivity contribution in [3.63, 3.8) is 0 Å². The molecule has 10 atom stereocenters. The van der Waals surface area contributed by atoms with E-state index in [9.17, 15) is 0 Å². The van der Waals surface area contributed by atoms with E-state index in [1.165, 1.54) is 0 Å². The minimum Gasteiger partial charge on any atom is -0.413 e. The third kappa shape index (κ3) is 8.76. The Labute approximate surface area is 312 Å². The lowest BCUT2D eigenvalue weighted by Crippen LogP contribution is -2.57. The van der Waals surface area contributed by atoms with Gasteiger partial charge >= 0.3 is 0 Å². The van der Waals surface area contributed by atoms with E-state index in [4.69, 9.17) is 18.3 Å². The van der Waals surface area contributed by atoms with Crippen LogP contribution in [0.4, 0.5) is 0 Å². The van der Waals surface area contributed by atoms with Crippen LogP contribution in [0.5, 0.6) is 0 Å². The highest BCUT2D eigenvalue weighted by Crippen LogP contribution is 2.51. The second-order valence-electron chi connectivity index (χ2n) is 17.6. The normalized spacial score (nSPS) is 37.7. The maximum absolute atomic E-state index is 6.88.